The Morgan fingerprint density at radius 3 is 2.53 bits per heavy atom. The fourth-order valence-corrected chi connectivity index (χ4v) is 1.59. The van der Waals surface area contributed by atoms with E-state index in [9.17, 15) is 9.59 Å². The number of pyridine rings is 1. The molecule has 0 aliphatic heterocycles. The molecule has 2 rings (SSSR count). The standard InChI is InChI=1S/C13H8ClNO2/c14-10-5-3-9(4-6-10)13(17)11-2-1-7-15-12(11)8-16/h1-8H. The second-order valence-corrected chi connectivity index (χ2v) is 3.83. The number of nitrogens with zero attached hydrogens (tertiary/aromatic N) is 1. The van der Waals surface area contributed by atoms with Crippen LogP contribution in [0.2, 0.25) is 5.02 Å². The summed E-state index contributed by atoms with van der Waals surface area (Å²) in [5, 5.41) is 0.559. The SMILES string of the molecule is O=Cc1ncccc1C(=O)c1ccc(Cl)cc1. The molecule has 0 fully saturated rings. The molecule has 0 bridgehead atoms. The van der Waals surface area contributed by atoms with Crippen molar-refractivity contribution in [3.8, 4) is 0 Å². The van der Waals surface area contributed by atoms with Crippen molar-refractivity contribution in [2.24, 2.45) is 0 Å². The van der Waals surface area contributed by atoms with Crippen molar-refractivity contribution in [2.75, 3.05) is 0 Å². The third-order valence-corrected chi connectivity index (χ3v) is 2.55. The van der Waals surface area contributed by atoms with Gasteiger partial charge in [-0.2, -0.15) is 0 Å². The van der Waals surface area contributed by atoms with Crippen LogP contribution in [0, 0.1) is 0 Å². The van der Waals surface area contributed by atoms with E-state index in [1.807, 2.05) is 0 Å². The number of rotatable bonds is 3. The number of benzene rings is 1. The van der Waals surface area contributed by atoms with Gasteiger partial charge in [0.05, 0.1) is 5.56 Å². The van der Waals surface area contributed by atoms with Gasteiger partial charge >= 0.3 is 0 Å². The summed E-state index contributed by atoms with van der Waals surface area (Å²) in [6.45, 7) is 0. The van der Waals surface area contributed by atoms with Gasteiger partial charge in [0.2, 0.25) is 0 Å². The molecule has 17 heavy (non-hydrogen) atoms. The summed E-state index contributed by atoms with van der Waals surface area (Å²) in [7, 11) is 0. The van der Waals surface area contributed by atoms with E-state index in [1.54, 1.807) is 36.4 Å². The van der Waals surface area contributed by atoms with Crippen LogP contribution in [-0.2, 0) is 0 Å². The zero-order valence-electron chi connectivity index (χ0n) is 8.76. The first kappa shape index (κ1) is 11.5. The van der Waals surface area contributed by atoms with Gasteiger partial charge in [-0.05, 0) is 36.4 Å². The second kappa shape index (κ2) is 4.89. The smallest absolute Gasteiger partial charge is 0.195 e. The highest BCUT2D eigenvalue weighted by molar-refractivity contribution is 6.30. The lowest BCUT2D eigenvalue weighted by Crippen LogP contribution is -2.06. The predicted molar refractivity (Wildman–Crippen MR) is 64.5 cm³/mol. The van der Waals surface area contributed by atoms with Gasteiger partial charge in [0.1, 0.15) is 5.69 Å². The third-order valence-electron chi connectivity index (χ3n) is 2.30. The van der Waals surface area contributed by atoms with E-state index in [4.69, 9.17) is 11.6 Å². The quantitative estimate of drug-likeness (QED) is 0.617. The van der Waals surface area contributed by atoms with Gasteiger partial charge in [0, 0.05) is 16.8 Å². The number of carbonyl (C=O) groups excluding carboxylic acids is 2. The maximum absolute atomic E-state index is 12.1. The van der Waals surface area contributed by atoms with Gasteiger partial charge in [-0.3, -0.25) is 14.6 Å². The van der Waals surface area contributed by atoms with Gasteiger partial charge in [-0.15, -0.1) is 0 Å². The van der Waals surface area contributed by atoms with Crippen LogP contribution in [-0.4, -0.2) is 17.1 Å². The van der Waals surface area contributed by atoms with Gasteiger partial charge in [0.15, 0.2) is 12.1 Å². The molecular formula is C13H8ClNO2. The molecule has 0 saturated carbocycles. The van der Waals surface area contributed by atoms with Gasteiger partial charge < -0.3 is 0 Å². The summed E-state index contributed by atoms with van der Waals surface area (Å²) in [5.41, 5.74) is 0.919. The molecule has 0 N–H and O–H groups in total. The van der Waals surface area contributed by atoms with Crippen LogP contribution in [0.4, 0.5) is 0 Å². The molecule has 1 heterocycles. The maximum Gasteiger partial charge on any atom is 0.195 e. The Morgan fingerprint density at radius 2 is 1.88 bits per heavy atom. The molecule has 0 aliphatic rings. The molecule has 2 aromatic rings. The summed E-state index contributed by atoms with van der Waals surface area (Å²) in [6, 6.07) is 9.69. The molecule has 0 amide bonds. The zero-order valence-corrected chi connectivity index (χ0v) is 9.52. The summed E-state index contributed by atoms with van der Waals surface area (Å²) in [5.74, 6) is -0.239. The molecule has 0 radical (unpaired) electrons. The van der Waals surface area contributed by atoms with Crippen LogP contribution < -0.4 is 0 Å². The predicted octanol–water partition coefficient (Wildman–Crippen LogP) is 2.78. The van der Waals surface area contributed by atoms with Crippen molar-refractivity contribution in [3.63, 3.8) is 0 Å². The number of aromatic nitrogens is 1. The number of halogens is 1. The molecule has 0 aliphatic carbocycles. The summed E-state index contributed by atoms with van der Waals surface area (Å²) >= 11 is 5.74. The van der Waals surface area contributed by atoms with E-state index in [-0.39, 0.29) is 11.5 Å². The molecule has 84 valence electrons. The summed E-state index contributed by atoms with van der Waals surface area (Å²) in [6.07, 6.45) is 2.05. The van der Waals surface area contributed by atoms with Crippen molar-refractivity contribution in [1.29, 1.82) is 0 Å². The number of carbonyl (C=O) groups is 2. The minimum absolute atomic E-state index is 0.146. The van der Waals surface area contributed by atoms with Crippen molar-refractivity contribution < 1.29 is 9.59 Å². The average molecular weight is 246 g/mol. The number of hydrogen-bond acceptors (Lipinski definition) is 3. The Morgan fingerprint density at radius 1 is 1.18 bits per heavy atom. The monoisotopic (exact) mass is 245 g/mol. The highest BCUT2D eigenvalue weighted by Gasteiger charge is 2.13. The van der Waals surface area contributed by atoms with E-state index in [0.717, 1.165) is 0 Å². The highest BCUT2D eigenvalue weighted by Crippen LogP contribution is 2.14. The Labute approximate surface area is 103 Å². The van der Waals surface area contributed by atoms with E-state index in [0.29, 0.717) is 22.4 Å². The first-order chi connectivity index (χ1) is 8.22. The minimum Gasteiger partial charge on any atom is -0.296 e. The Kier molecular flexibility index (Phi) is 3.30. The third kappa shape index (κ3) is 2.40. The van der Waals surface area contributed by atoms with Crippen LogP contribution >= 0.6 is 11.6 Å². The van der Waals surface area contributed by atoms with Crippen molar-refractivity contribution in [3.05, 3.63) is 64.4 Å². The van der Waals surface area contributed by atoms with E-state index in [2.05, 4.69) is 4.98 Å². The second-order valence-electron chi connectivity index (χ2n) is 3.39. The molecule has 1 aromatic heterocycles. The number of ketones is 1. The van der Waals surface area contributed by atoms with E-state index >= 15 is 0 Å². The highest BCUT2D eigenvalue weighted by atomic mass is 35.5. The fraction of sp³-hybridized carbons (Fsp3) is 0. The van der Waals surface area contributed by atoms with Gasteiger partial charge in [0.25, 0.3) is 0 Å². The van der Waals surface area contributed by atoms with Gasteiger partial charge in [-0.1, -0.05) is 11.6 Å². The number of aldehydes is 1. The van der Waals surface area contributed by atoms with Crippen molar-refractivity contribution in [2.45, 2.75) is 0 Å². The zero-order chi connectivity index (χ0) is 12.3. The van der Waals surface area contributed by atoms with Crippen molar-refractivity contribution >= 4 is 23.7 Å². The van der Waals surface area contributed by atoms with E-state index < -0.39 is 0 Å². The van der Waals surface area contributed by atoms with Crippen molar-refractivity contribution in [1.82, 2.24) is 4.98 Å². The fourth-order valence-electron chi connectivity index (χ4n) is 1.46. The lowest BCUT2D eigenvalue weighted by molar-refractivity contribution is 0.102. The molecule has 0 spiro atoms. The first-order valence-electron chi connectivity index (χ1n) is 4.93. The maximum atomic E-state index is 12.1. The van der Waals surface area contributed by atoms with Crippen LogP contribution in [0.3, 0.4) is 0 Å². The van der Waals surface area contributed by atoms with Crippen LogP contribution in [0.5, 0.6) is 0 Å². The molecule has 4 heteroatoms. The Bertz CT molecular complexity index is 564. The molecule has 0 atom stereocenters. The average Bonchev–Trinajstić information content (AvgIpc) is 2.39. The largest absolute Gasteiger partial charge is 0.296 e. The van der Waals surface area contributed by atoms with Gasteiger partial charge in [-0.25, -0.2) is 0 Å². The summed E-state index contributed by atoms with van der Waals surface area (Å²) in [4.78, 5) is 26.7. The Balaban J connectivity index is 2.43. The molecular weight excluding hydrogens is 238 g/mol. The minimum atomic E-state index is -0.239. The first-order valence-corrected chi connectivity index (χ1v) is 5.30. The Hall–Kier alpha value is -2.00. The molecule has 1 aromatic carbocycles. The normalized spacial score (nSPS) is 9.94. The summed E-state index contributed by atoms with van der Waals surface area (Å²) < 4.78 is 0. The van der Waals surface area contributed by atoms with Crippen LogP contribution in [0.15, 0.2) is 42.6 Å². The molecule has 0 saturated heterocycles. The van der Waals surface area contributed by atoms with E-state index in [1.165, 1.54) is 6.20 Å². The molecule has 0 unspecified atom stereocenters. The van der Waals surface area contributed by atoms with Crippen LogP contribution in [0.1, 0.15) is 26.4 Å². The topological polar surface area (TPSA) is 47.0 Å². The lowest BCUT2D eigenvalue weighted by Gasteiger charge is -2.03. The number of hydrogen-bond donors (Lipinski definition) is 0. The lowest BCUT2D eigenvalue weighted by atomic mass is 10.0. The van der Waals surface area contributed by atoms with Crippen LogP contribution in [0.25, 0.3) is 0 Å². The molecule has 3 nitrogen and oxygen atoms in total.